The van der Waals surface area contributed by atoms with Crippen molar-refractivity contribution in [2.75, 3.05) is 0 Å². The SMILES string of the molecule is O=c1ccccn1C/C=C\c1ccccc1. The van der Waals surface area contributed by atoms with Gasteiger partial charge in [0.05, 0.1) is 0 Å². The molecule has 1 heterocycles. The average molecular weight is 211 g/mol. The summed E-state index contributed by atoms with van der Waals surface area (Å²) in [7, 11) is 0. The number of allylic oxidation sites excluding steroid dienone is 1. The highest BCUT2D eigenvalue weighted by Crippen LogP contribution is 2.00. The van der Waals surface area contributed by atoms with Gasteiger partial charge in [-0.25, -0.2) is 0 Å². The Hall–Kier alpha value is -2.09. The van der Waals surface area contributed by atoms with Crippen LogP contribution in [0.25, 0.3) is 6.08 Å². The van der Waals surface area contributed by atoms with E-state index in [1.54, 1.807) is 22.9 Å². The predicted molar refractivity (Wildman–Crippen MR) is 66.2 cm³/mol. The molecule has 2 heteroatoms. The summed E-state index contributed by atoms with van der Waals surface area (Å²) in [5, 5.41) is 0. The van der Waals surface area contributed by atoms with Crippen molar-refractivity contribution in [3.63, 3.8) is 0 Å². The largest absolute Gasteiger partial charge is 0.312 e. The first-order chi connectivity index (χ1) is 7.86. The van der Waals surface area contributed by atoms with Crippen molar-refractivity contribution in [2.45, 2.75) is 6.54 Å². The Labute approximate surface area is 94.5 Å². The summed E-state index contributed by atoms with van der Waals surface area (Å²) in [6.45, 7) is 0.606. The minimum Gasteiger partial charge on any atom is -0.312 e. The molecule has 2 aromatic rings. The molecule has 0 spiro atoms. The fourth-order valence-corrected chi connectivity index (χ4v) is 1.48. The van der Waals surface area contributed by atoms with Crippen LogP contribution in [0.2, 0.25) is 0 Å². The van der Waals surface area contributed by atoms with E-state index in [0.29, 0.717) is 6.54 Å². The van der Waals surface area contributed by atoms with Crippen LogP contribution in [0, 0.1) is 0 Å². The zero-order valence-corrected chi connectivity index (χ0v) is 8.91. The van der Waals surface area contributed by atoms with E-state index in [2.05, 4.69) is 0 Å². The van der Waals surface area contributed by atoms with Gasteiger partial charge >= 0.3 is 0 Å². The highest BCUT2D eigenvalue weighted by Gasteiger charge is 1.89. The van der Waals surface area contributed by atoms with E-state index in [-0.39, 0.29) is 5.56 Å². The third kappa shape index (κ3) is 2.70. The molecule has 0 saturated heterocycles. The van der Waals surface area contributed by atoms with Crippen molar-refractivity contribution in [2.24, 2.45) is 0 Å². The second kappa shape index (κ2) is 5.12. The third-order valence-corrected chi connectivity index (χ3v) is 2.31. The molecule has 1 aromatic heterocycles. The van der Waals surface area contributed by atoms with E-state index in [1.807, 2.05) is 48.6 Å². The number of nitrogens with zero attached hydrogens (tertiary/aromatic N) is 1. The molecule has 0 aliphatic rings. The maximum absolute atomic E-state index is 11.4. The zero-order chi connectivity index (χ0) is 11.2. The molecule has 16 heavy (non-hydrogen) atoms. The summed E-state index contributed by atoms with van der Waals surface area (Å²) < 4.78 is 1.67. The van der Waals surface area contributed by atoms with Gasteiger partial charge in [-0.05, 0) is 11.6 Å². The van der Waals surface area contributed by atoms with E-state index in [9.17, 15) is 4.79 Å². The van der Waals surface area contributed by atoms with E-state index in [1.165, 1.54) is 0 Å². The first-order valence-electron chi connectivity index (χ1n) is 5.23. The Kier molecular flexibility index (Phi) is 3.34. The van der Waals surface area contributed by atoms with Gasteiger partial charge in [0.2, 0.25) is 0 Å². The number of pyridine rings is 1. The van der Waals surface area contributed by atoms with Crippen LogP contribution in [0.1, 0.15) is 5.56 Å². The van der Waals surface area contributed by atoms with Crippen LogP contribution in [0.4, 0.5) is 0 Å². The summed E-state index contributed by atoms with van der Waals surface area (Å²) in [4.78, 5) is 11.4. The molecule has 0 radical (unpaired) electrons. The molecule has 2 rings (SSSR count). The van der Waals surface area contributed by atoms with Crippen molar-refractivity contribution in [3.05, 3.63) is 76.7 Å². The highest BCUT2D eigenvalue weighted by molar-refractivity contribution is 5.48. The van der Waals surface area contributed by atoms with Gasteiger partial charge in [0, 0.05) is 18.8 Å². The number of aromatic nitrogens is 1. The maximum Gasteiger partial charge on any atom is 0.250 e. The molecule has 0 aliphatic heterocycles. The summed E-state index contributed by atoms with van der Waals surface area (Å²) >= 11 is 0. The molecule has 1 aromatic carbocycles. The molecule has 0 aliphatic carbocycles. The first kappa shape index (κ1) is 10.4. The lowest BCUT2D eigenvalue weighted by atomic mass is 10.2. The molecule has 0 fully saturated rings. The third-order valence-electron chi connectivity index (χ3n) is 2.31. The van der Waals surface area contributed by atoms with Gasteiger partial charge in [-0.2, -0.15) is 0 Å². The second-order valence-electron chi connectivity index (χ2n) is 3.50. The number of benzene rings is 1. The van der Waals surface area contributed by atoms with Crippen LogP contribution in [0.5, 0.6) is 0 Å². The fraction of sp³-hybridized carbons (Fsp3) is 0.0714. The highest BCUT2D eigenvalue weighted by atomic mass is 16.1. The minimum atomic E-state index is 0.0280. The van der Waals surface area contributed by atoms with Crippen LogP contribution < -0.4 is 5.56 Å². The van der Waals surface area contributed by atoms with Gasteiger partial charge in [0.1, 0.15) is 0 Å². The normalized spacial score (nSPS) is 10.8. The molecule has 2 nitrogen and oxygen atoms in total. The summed E-state index contributed by atoms with van der Waals surface area (Å²) in [6.07, 6.45) is 5.79. The van der Waals surface area contributed by atoms with E-state index < -0.39 is 0 Å². The lowest BCUT2D eigenvalue weighted by Gasteiger charge is -1.99. The quantitative estimate of drug-likeness (QED) is 0.764. The lowest BCUT2D eigenvalue weighted by molar-refractivity contribution is 0.781. The standard InChI is InChI=1S/C14H13NO/c16-14-10-4-5-11-15(14)12-6-9-13-7-2-1-3-8-13/h1-11H,12H2/b9-6-. The summed E-state index contributed by atoms with van der Waals surface area (Å²) in [5.74, 6) is 0. The molecule has 0 atom stereocenters. The molecular weight excluding hydrogens is 198 g/mol. The van der Waals surface area contributed by atoms with Crippen LogP contribution in [-0.4, -0.2) is 4.57 Å². The Bertz CT molecular complexity index is 526. The fourth-order valence-electron chi connectivity index (χ4n) is 1.48. The van der Waals surface area contributed by atoms with Crippen LogP contribution in [0.15, 0.2) is 65.6 Å². The molecule has 0 bridgehead atoms. The van der Waals surface area contributed by atoms with Crippen molar-refractivity contribution in [3.8, 4) is 0 Å². The van der Waals surface area contributed by atoms with Gasteiger partial charge in [0.25, 0.3) is 5.56 Å². The summed E-state index contributed by atoms with van der Waals surface area (Å²) in [5.41, 5.74) is 1.17. The minimum absolute atomic E-state index is 0.0280. The Morgan fingerprint density at radius 2 is 1.75 bits per heavy atom. The van der Waals surface area contributed by atoms with Crippen molar-refractivity contribution < 1.29 is 0 Å². The second-order valence-corrected chi connectivity index (χ2v) is 3.50. The Morgan fingerprint density at radius 3 is 2.50 bits per heavy atom. The Morgan fingerprint density at radius 1 is 1.00 bits per heavy atom. The van der Waals surface area contributed by atoms with E-state index in [0.717, 1.165) is 5.56 Å². The predicted octanol–water partition coefficient (Wildman–Crippen LogP) is 2.56. The molecular formula is C14H13NO. The lowest BCUT2D eigenvalue weighted by Crippen LogP contribution is -2.16. The van der Waals surface area contributed by atoms with Gasteiger partial charge in [0.15, 0.2) is 0 Å². The topological polar surface area (TPSA) is 22.0 Å². The number of rotatable bonds is 3. The summed E-state index contributed by atoms with van der Waals surface area (Å²) in [6, 6.07) is 15.2. The van der Waals surface area contributed by atoms with Crippen LogP contribution in [-0.2, 0) is 6.54 Å². The zero-order valence-electron chi connectivity index (χ0n) is 8.91. The Balaban J connectivity index is 2.06. The molecule has 0 saturated carbocycles. The van der Waals surface area contributed by atoms with Crippen molar-refractivity contribution >= 4 is 6.08 Å². The van der Waals surface area contributed by atoms with Crippen LogP contribution in [0.3, 0.4) is 0 Å². The van der Waals surface area contributed by atoms with Gasteiger partial charge in [-0.1, -0.05) is 48.6 Å². The average Bonchev–Trinajstić information content (AvgIpc) is 2.33. The maximum atomic E-state index is 11.4. The molecule has 80 valence electrons. The molecule has 0 N–H and O–H groups in total. The monoisotopic (exact) mass is 211 g/mol. The first-order valence-corrected chi connectivity index (χ1v) is 5.23. The van der Waals surface area contributed by atoms with Crippen LogP contribution >= 0.6 is 0 Å². The van der Waals surface area contributed by atoms with Gasteiger partial charge < -0.3 is 4.57 Å². The molecule has 0 amide bonds. The van der Waals surface area contributed by atoms with Crippen molar-refractivity contribution in [1.29, 1.82) is 0 Å². The van der Waals surface area contributed by atoms with Crippen molar-refractivity contribution in [1.82, 2.24) is 4.57 Å². The van der Waals surface area contributed by atoms with Gasteiger partial charge in [-0.15, -0.1) is 0 Å². The van der Waals surface area contributed by atoms with Gasteiger partial charge in [-0.3, -0.25) is 4.79 Å². The number of hydrogen-bond donors (Lipinski definition) is 0. The smallest absolute Gasteiger partial charge is 0.250 e. The number of hydrogen-bond acceptors (Lipinski definition) is 1. The molecule has 0 unspecified atom stereocenters. The van der Waals surface area contributed by atoms with E-state index in [4.69, 9.17) is 0 Å². The van der Waals surface area contributed by atoms with E-state index >= 15 is 0 Å².